The highest BCUT2D eigenvalue weighted by atomic mass is 32.2. The molecule has 1 aromatic heterocycles. The Hall–Kier alpha value is -2.60. The number of amides is 1. The molecule has 1 amide bonds. The fourth-order valence-electron chi connectivity index (χ4n) is 3.98. The molecule has 0 radical (unpaired) electrons. The number of aromatic nitrogens is 2. The van der Waals surface area contributed by atoms with Gasteiger partial charge in [-0.3, -0.25) is 4.79 Å². The van der Waals surface area contributed by atoms with E-state index in [1.54, 1.807) is 11.8 Å². The molecule has 0 N–H and O–H groups in total. The van der Waals surface area contributed by atoms with E-state index in [4.69, 9.17) is 4.52 Å². The summed E-state index contributed by atoms with van der Waals surface area (Å²) in [6, 6.07) is 16.2. The van der Waals surface area contributed by atoms with Gasteiger partial charge >= 0.3 is 0 Å². The summed E-state index contributed by atoms with van der Waals surface area (Å²) < 4.78 is 5.52. The third-order valence-electron chi connectivity index (χ3n) is 5.62. The third kappa shape index (κ3) is 3.11. The van der Waals surface area contributed by atoms with E-state index in [0.29, 0.717) is 18.3 Å². The van der Waals surface area contributed by atoms with E-state index in [1.165, 1.54) is 5.56 Å². The summed E-state index contributed by atoms with van der Waals surface area (Å²) in [4.78, 5) is 20.9. The molecule has 3 aromatic rings. The molecular formula is C22H21N3O2S. The maximum Gasteiger partial charge on any atom is 0.257 e. The smallest absolute Gasteiger partial charge is 0.257 e. The number of hydrogen-bond acceptors (Lipinski definition) is 5. The molecule has 28 heavy (non-hydrogen) atoms. The number of carbonyl (C=O) groups is 1. The summed E-state index contributed by atoms with van der Waals surface area (Å²) in [5.74, 6) is 2.42. The van der Waals surface area contributed by atoms with Crippen molar-refractivity contribution in [3.63, 3.8) is 0 Å². The average molecular weight is 391 g/mol. The monoisotopic (exact) mass is 391 g/mol. The van der Waals surface area contributed by atoms with Gasteiger partial charge in [-0.25, -0.2) is 0 Å². The number of nitrogens with zero attached hydrogens (tertiary/aromatic N) is 3. The number of piperidine rings is 1. The largest absolute Gasteiger partial charge is 0.334 e. The molecule has 142 valence electrons. The quantitative estimate of drug-likeness (QED) is 0.642. The first-order chi connectivity index (χ1) is 13.7. The van der Waals surface area contributed by atoms with Crippen molar-refractivity contribution in [3.8, 4) is 11.5 Å². The van der Waals surface area contributed by atoms with Gasteiger partial charge in [0, 0.05) is 34.7 Å². The number of fused-ring (bicyclic) bond motifs is 2. The zero-order valence-electron chi connectivity index (χ0n) is 15.7. The third-order valence-corrected chi connectivity index (χ3v) is 6.84. The van der Waals surface area contributed by atoms with Crippen LogP contribution in [0, 0.1) is 6.92 Å². The lowest BCUT2D eigenvalue weighted by molar-refractivity contribution is 0.0611. The number of thioether (sulfide) groups is 1. The van der Waals surface area contributed by atoms with Crippen LogP contribution in [0.4, 0.5) is 0 Å². The number of benzene rings is 2. The van der Waals surface area contributed by atoms with Crippen molar-refractivity contribution in [1.82, 2.24) is 15.0 Å². The predicted molar refractivity (Wildman–Crippen MR) is 108 cm³/mol. The lowest BCUT2D eigenvalue weighted by atomic mass is 9.92. The van der Waals surface area contributed by atoms with Crippen LogP contribution in [0.25, 0.3) is 11.5 Å². The van der Waals surface area contributed by atoms with Gasteiger partial charge in [0.15, 0.2) is 5.82 Å². The Balaban J connectivity index is 1.39. The molecule has 6 heteroatoms. The lowest BCUT2D eigenvalue weighted by Gasteiger charge is -2.37. The highest BCUT2D eigenvalue weighted by Gasteiger charge is 2.37. The highest BCUT2D eigenvalue weighted by Crippen LogP contribution is 2.37. The number of carbonyl (C=O) groups excluding carboxylic acids is 1. The van der Waals surface area contributed by atoms with Gasteiger partial charge in [0.05, 0.1) is 5.56 Å². The zero-order valence-corrected chi connectivity index (χ0v) is 16.5. The summed E-state index contributed by atoms with van der Waals surface area (Å²) >= 11 is 1.79. The molecule has 5 nitrogen and oxygen atoms in total. The van der Waals surface area contributed by atoms with Crippen molar-refractivity contribution < 1.29 is 9.32 Å². The summed E-state index contributed by atoms with van der Waals surface area (Å²) in [6.45, 7) is 2.70. The van der Waals surface area contributed by atoms with Crippen molar-refractivity contribution >= 4 is 17.7 Å². The highest BCUT2D eigenvalue weighted by molar-refractivity contribution is 7.99. The van der Waals surface area contributed by atoms with Crippen LogP contribution in [-0.2, 0) is 0 Å². The van der Waals surface area contributed by atoms with E-state index in [-0.39, 0.29) is 17.9 Å². The molecule has 0 spiro atoms. The van der Waals surface area contributed by atoms with Gasteiger partial charge in [-0.1, -0.05) is 35.0 Å². The molecule has 0 aliphatic carbocycles. The van der Waals surface area contributed by atoms with E-state index < -0.39 is 0 Å². The average Bonchev–Trinajstić information content (AvgIpc) is 3.17. The van der Waals surface area contributed by atoms with E-state index >= 15 is 0 Å². The maximum absolute atomic E-state index is 13.2. The molecule has 2 aliphatic heterocycles. The van der Waals surface area contributed by atoms with Crippen molar-refractivity contribution in [2.45, 2.75) is 36.6 Å². The minimum Gasteiger partial charge on any atom is -0.334 e. The molecular weight excluding hydrogens is 370 g/mol. The summed E-state index contributed by atoms with van der Waals surface area (Å²) in [7, 11) is 0. The van der Waals surface area contributed by atoms with Gasteiger partial charge in [-0.05, 0) is 44.0 Å². The van der Waals surface area contributed by atoms with Crippen molar-refractivity contribution in [2.24, 2.45) is 0 Å². The summed E-state index contributed by atoms with van der Waals surface area (Å²) in [5.41, 5.74) is 2.93. The van der Waals surface area contributed by atoms with E-state index in [9.17, 15) is 4.79 Å². The zero-order chi connectivity index (χ0) is 19.1. The van der Waals surface area contributed by atoms with Gasteiger partial charge in [-0.15, -0.1) is 11.8 Å². The first-order valence-electron chi connectivity index (χ1n) is 9.62. The summed E-state index contributed by atoms with van der Waals surface area (Å²) in [6.07, 6.45) is 1.93. The van der Waals surface area contributed by atoms with Gasteiger partial charge in [0.2, 0.25) is 0 Å². The molecule has 2 unspecified atom stereocenters. The molecule has 2 atom stereocenters. The summed E-state index contributed by atoms with van der Waals surface area (Å²) in [5, 5.41) is 4.24. The Kier molecular flexibility index (Phi) is 4.43. The topological polar surface area (TPSA) is 59.2 Å². The standard InChI is InChI=1S/C22H21N3O2S/c1-14-6-8-15(9-7-14)21-23-20(24-27-21)16-10-11-17-13-28-19-5-3-2-4-18(19)22(26)25(17)12-16/h2-9,16-17H,10-13H2,1H3. The Bertz CT molecular complexity index is 1010. The van der Waals surface area contributed by atoms with E-state index in [1.807, 2.05) is 53.4 Å². The SMILES string of the molecule is Cc1ccc(-c2nc(C3CCC4CSc5ccccc5C(=O)N4C3)no2)cc1. The molecule has 3 heterocycles. The van der Waals surface area contributed by atoms with Crippen LogP contribution >= 0.6 is 11.8 Å². The van der Waals surface area contributed by atoms with Crippen molar-refractivity contribution in [1.29, 1.82) is 0 Å². The van der Waals surface area contributed by atoms with E-state index in [0.717, 1.165) is 34.6 Å². The van der Waals surface area contributed by atoms with E-state index in [2.05, 4.69) is 17.1 Å². The van der Waals surface area contributed by atoms with Crippen molar-refractivity contribution in [3.05, 3.63) is 65.5 Å². The molecule has 2 aliphatic rings. The van der Waals surface area contributed by atoms with Crippen LogP contribution < -0.4 is 0 Å². The minimum atomic E-state index is 0.110. The Morgan fingerprint density at radius 3 is 2.79 bits per heavy atom. The van der Waals surface area contributed by atoms with Gasteiger partial charge in [-0.2, -0.15) is 4.98 Å². The van der Waals surface area contributed by atoms with Gasteiger partial charge < -0.3 is 9.42 Å². The maximum atomic E-state index is 13.2. The second-order valence-electron chi connectivity index (χ2n) is 7.52. The second-order valence-corrected chi connectivity index (χ2v) is 8.58. The fraction of sp³-hybridized carbons (Fsp3) is 0.318. The Morgan fingerprint density at radius 1 is 1.11 bits per heavy atom. The number of aryl methyl sites for hydroxylation is 1. The van der Waals surface area contributed by atoms with Crippen LogP contribution in [-0.4, -0.2) is 39.3 Å². The molecule has 1 fully saturated rings. The predicted octanol–water partition coefficient (Wildman–Crippen LogP) is 4.54. The molecule has 5 rings (SSSR count). The number of rotatable bonds is 2. The molecule has 1 saturated heterocycles. The fourth-order valence-corrected chi connectivity index (χ4v) is 5.19. The van der Waals surface area contributed by atoms with Crippen molar-refractivity contribution in [2.75, 3.05) is 12.3 Å². The molecule has 0 bridgehead atoms. The van der Waals surface area contributed by atoms with Crippen LogP contribution in [0.1, 0.15) is 40.5 Å². The Labute approximate surface area is 168 Å². The first-order valence-corrected chi connectivity index (χ1v) is 10.6. The molecule has 0 saturated carbocycles. The normalized spacial score (nSPS) is 21.8. The van der Waals surface area contributed by atoms with Gasteiger partial charge in [0.25, 0.3) is 11.8 Å². The lowest BCUT2D eigenvalue weighted by Crippen LogP contribution is -2.46. The second kappa shape index (κ2) is 7.09. The van der Waals surface area contributed by atoms with Gasteiger partial charge in [0.1, 0.15) is 0 Å². The Morgan fingerprint density at radius 2 is 1.93 bits per heavy atom. The molecule has 2 aromatic carbocycles. The van der Waals surface area contributed by atoms with Crippen LogP contribution in [0.2, 0.25) is 0 Å². The minimum absolute atomic E-state index is 0.110. The number of hydrogen-bond donors (Lipinski definition) is 0. The van der Waals surface area contributed by atoms with Crippen LogP contribution in [0.3, 0.4) is 0 Å². The first kappa shape index (κ1) is 17.5. The van der Waals surface area contributed by atoms with Crippen LogP contribution in [0.15, 0.2) is 57.9 Å². The van der Waals surface area contributed by atoms with Crippen LogP contribution in [0.5, 0.6) is 0 Å².